The van der Waals surface area contributed by atoms with E-state index in [-0.39, 0.29) is 5.92 Å². The van der Waals surface area contributed by atoms with Gasteiger partial charge in [-0.05, 0) is 29.8 Å². The highest BCUT2D eigenvalue weighted by Crippen LogP contribution is 2.33. The summed E-state index contributed by atoms with van der Waals surface area (Å²) < 4.78 is 0. The highest BCUT2D eigenvalue weighted by Gasteiger charge is 2.20. The van der Waals surface area contributed by atoms with Gasteiger partial charge in [0.25, 0.3) is 0 Å². The van der Waals surface area contributed by atoms with Crippen LogP contribution in [0.15, 0.2) is 89.9 Å². The summed E-state index contributed by atoms with van der Waals surface area (Å²) in [6, 6.07) is 28.8. The van der Waals surface area contributed by atoms with E-state index in [4.69, 9.17) is 5.73 Å². The summed E-state index contributed by atoms with van der Waals surface area (Å²) in [7, 11) is -0.736. The summed E-state index contributed by atoms with van der Waals surface area (Å²) >= 11 is 0. The molecule has 3 aromatic rings. The summed E-state index contributed by atoms with van der Waals surface area (Å²) in [5.74, 6) is -0.331. The lowest BCUT2D eigenvalue weighted by molar-refractivity contribution is -0.119. The Morgan fingerprint density at radius 3 is 1.86 bits per heavy atom. The van der Waals surface area contributed by atoms with Crippen molar-refractivity contribution in [3.63, 3.8) is 0 Å². The van der Waals surface area contributed by atoms with Crippen LogP contribution in [-0.2, 0) is 4.79 Å². The maximum atomic E-state index is 11.7. The lowest BCUT2D eigenvalue weighted by atomic mass is 10.0. The molecule has 0 aliphatic rings. The SMILES string of the molecule is CC(C)[C@H](N=Cc1ccccc1P(c1ccccc1)c1ccccc1)C(N)=O. The van der Waals surface area contributed by atoms with E-state index in [9.17, 15) is 4.79 Å². The first-order chi connectivity index (χ1) is 13.6. The van der Waals surface area contributed by atoms with E-state index < -0.39 is 19.9 Å². The van der Waals surface area contributed by atoms with Crippen LogP contribution < -0.4 is 21.6 Å². The molecule has 3 rings (SSSR count). The summed E-state index contributed by atoms with van der Waals surface area (Å²) in [6.45, 7) is 3.92. The third-order valence-corrected chi connectivity index (χ3v) is 7.02. The molecule has 3 nitrogen and oxygen atoms in total. The Labute approximate surface area is 168 Å². The van der Waals surface area contributed by atoms with Gasteiger partial charge in [-0.2, -0.15) is 0 Å². The number of aliphatic imine (C=N–C) groups is 1. The Morgan fingerprint density at radius 1 is 0.857 bits per heavy atom. The predicted octanol–water partition coefficient (Wildman–Crippen LogP) is 3.37. The minimum Gasteiger partial charge on any atom is -0.368 e. The van der Waals surface area contributed by atoms with Gasteiger partial charge in [-0.25, -0.2) is 0 Å². The van der Waals surface area contributed by atoms with Crippen LogP contribution in [0.25, 0.3) is 0 Å². The largest absolute Gasteiger partial charge is 0.368 e. The fourth-order valence-corrected chi connectivity index (χ4v) is 5.54. The first-order valence-electron chi connectivity index (χ1n) is 9.39. The number of hydrogen-bond donors (Lipinski definition) is 1. The lowest BCUT2D eigenvalue weighted by Gasteiger charge is -2.21. The van der Waals surface area contributed by atoms with Crippen LogP contribution in [0.1, 0.15) is 19.4 Å². The van der Waals surface area contributed by atoms with Crippen molar-refractivity contribution in [1.29, 1.82) is 0 Å². The van der Waals surface area contributed by atoms with Crippen molar-refractivity contribution in [3.05, 3.63) is 90.5 Å². The summed E-state index contributed by atoms with van der Waals surface area (Å²) in [5, 5.41) is 3.77. The highest BCUT2D eigenvalue weighted by molar-refractivity contribution is 7.80. The molecule has 0 bridgehead atoms. The third-order valence-electron chi connectivity index (χ3n) is 4.50. The van der Waals surface area contributed by atoms with Crippen LogP contribution in [0.2, 0.25) is 0 Å². The fraction of sp³-hybridized carbons (Fsp3) is 0.167. The first-order valence-corrected chi connectivity index (χ1v) is 10.7. The molecule has 0 unspecified atom stereocenters. The molecule has 142 valence electrons. The number of nitrogens with zero attached hydrogens (tertiary/aromatic N) is 1. The summed E-state index contributed by atoms with van der Waals surface area (Å²) in [4.78, 5) is 16.3. The predicted molar refractivity (Wildman–Crippen MR) is 121 cm³/mol. The molecule has 0 saturated heterocycles. The monoisotopic (exact) mass is 388 g/mol. The number of rotatable bonds is 7. The van der Waals surface area contributed by atoms with Crippen molar-refractivity contribution < 1.29 is 4.79 Å². The van der Waals surface area contributed by atoms with Crippen LogP contribution in [0.3, 0.4) is 0 Å². The lowest BCUT2D eigenvalue weighted by Crippen LogP contribution is -2.31. The van der Waals surface area contributed by atoms with Crippen molar-refractivity contribution in [2.24, 2.45) is 16.6 Å². The van der Waals surface area contributed by atoms with Gasteiger partial charge in [0.15, 0.2) is 0 Å². The number of primary amides is 1. The molecule has 0 spiro atoms. The zero-order valence-corrected chi connectivity index (χ0v) is 17.1. The Balaban J connectivity index is 2.09. The second-order valence-corrected chi connectivity index (χ2v) is 9.12. The van der Waals surface area contributed by atoms with Crippen LogP contribution >= 0.6 is 7.92 Å². The number of hydrogen-bond acceptors (Lipinski definition) is 2. The standard InChI is InChI=1S/C24H25N2OP/c1-18(2)23(24(25)27)26-17-19-11-9-10-16-22(19)28(20-12-5-3-6-13-20)21-14-7-4-8-15-21/h3-18,23H,1-2H3,(H2,25,27)/t23-/m0/s1. The molecule has 0 aliphatic carbocycles. The molecule has 0 aliphatic heterocycles. The van der Waals surface area contributed by atoms with E-state index in [1.54, 1.807) is 0 Å². The van der Waals surface area contributed by atoms with Gasteiger partial charge in [-0.3, -0.25) is 9.79 Å². The Bertz CT molecular complexity index is 900. The van der Waals surface area contributed by atoms with Crippen LogP contribution in [0.4, 0.5) is 0 Å². The van der Waals surface area contributed by atoms with Crippen LogP contribution in [0.5, 0.6) is 0 Å². The second kappa shape index (κ2) is 9.43. The van der Waals surface area contributed by atoms with Gasteiger partial charge in [0.1, 0.15) is 6.04 Å². The Morgan fingerprint density at radius 2 is 1.36 bits per heavy atom. The minimum atomic E-state index is -0.736. The number of nitrogens with two attached hydrogens (primary N) is 1. The van der Waals surface area contributed by atoms with Gasteiger partial charge in [0.2, 0.25) is 5.91 Å². The normalized spacial score (nSPS) is 12.6. The van der Waals surface area contributed by atoms with Gasteiger partial charge in [-0.1, -0.05) is 98.8 Å². The van der Waals surface area contributed by atoms with E-state index in [0.29, 0.717) is 0 Å². The van der Waals surface area contributed by atoms with Crippen LogP contribution in [-0.4, -0.2) is 18.2 Å². The molecule has 28 heavy (non-hydrogen) atoms. The topological polar surface area (TPSA) is 55.4 Å². The molecule has 0 radical (unpaired) electrons. The molecule has 1 amide bonds. The van der Waals surface area contributed by atoms with Crippen LogP contribution in [0, 0.1) is 5.92 Å². The molecule has 3 aromatic carbocycles. The van der Waals surface area contributed by atoms with E-state index in [1.165, 1.54) is 15.9 Å². The van der Waals surface area contributed by atoms with Gasteiger partial charge in [0.05, 0.1) is 0 Å². The molecular formula is C24H25N2OP. The zero-order valence-electron chi connectivity index (χ0n) is 16.2. The number of carbonyl (C=O) groups is 1. The zero-order chi connectivity index (χ0) is 19.9. The first kappa shape index (κ1) is 20.0. The molecule has 1 atom stereocenters. The van der Waals surface area contributed by atoms with E-state index in [0.717, 1.165) is 5.56 Å². The molecule has 2 N–H and O–H groups in total. The Kier molecular flexibility index (Phi) is 6.73. The average molecular weight is 388 g/mol. The molecule has 0 heterocycles. The maximum absolute atomic E-state index is 11.7. The van der Waals surface area contributed by atoms with Crippen molar-refractivity contribution in [3.8, 4) is 0 Å². The number of amides is 1. The quantitative estimate of drug-likeness (QED) is 0.490. The molecular weight excluding hydrogens is 363 g/mol. The molecule has 0 aromatic heterocycles. The van der Waals surface area contributed by atoms with Gasteiger partial charge in [0, 0.05) is 11.8 Å². The summed E-state index contributed by atoms with van der Waals surface area (Å²) in [5.41, 5.74) is 6.55. The number of benzene rings is 3. The van der Waals surface area contributed by atoms with E-state index in [2.05, 4.69) is 71.7 Å². The third kappa shape index (κ3) is 4.74. The van der Waals surface area contributed by atoms with Gasteiger partial charge < -0.3 is 5.73 Å². The smallest absolute Gasteiger partial charge is 0.242 e. The maximum Gasteiger partial charge on any atom is 0.242 e. The summed E-state index contributed by atoms with van der Waals surface area (Å²) in [6.07, 6.45) is 1.81. The highest BCUT2D eigenvalue weighted by atomic mass is 31.1. The van der Waals surface area contributed by atoms with Crippen molar-refractivity contribution >= 4 is 36.0 Å². The van der Waals surface area contributed by atoms with Crippen molar-refractivity contribution in [2.75, 3.05) is 0 Å². The van der Waals surface area contributed by atoms with Gasteiger partial charge in [-0.15, -0.1) is 0 Å². The van der Waals surface area contributed by atoms with Crippen molar-refractivity contribution in [2.45, 2.75) is 19.9 Å². The Hall–Kier alpha value is -2.77. The molecule has 0 saturated carbocycles. The average Bonchev–Trinajstić information content (AvgIpc) is 2.70. The van der Waals surface area contributed by atoms with E-state index >= 15 is 0 Å². The molecule has 0 fully saturated rings. The molecule has 4 heteroatoms. The number of carbonyl (C=O) groups excluding carboxylic acids is 1. The second-order valence-electron chi connectivity index (χ2n) is 6.93. The van der Waals surface area contributed by atoms with Gasteiger partial charge >= 0.3 is 0 Å². The van der Waals surface area contributed by atoms with E-state index in [1.807, 2.05) is 38.3 Å². The minimum absolute atomic E-state index is 0.0608. The van der Waals surface area contributed by atoms with Crippen molar-refractivity contribution in [1.82, 2.24) is 0 Å². The fourth-order valence-electron chi connectivity index (χ4n) is 3.12.